The Balaban J connectivity index is 0.00000113. The van der Waals surface area contributed by atoms with Crippen molar-refractivity contribution in [3.8, 4) is 28.6 Å². The molecule has 0 amide bonds. The molecule has 1 aliphatic heterocycles. The highest BCUT2D eigenvalue weighted by atomic mass is 35.5. The number of fused-ring (bicyclic) bond motifs is 3. The predicted octanol–water partition coefficient (Wildman–Crippen LogP) is 0.674. The molecular weight excluding hydrogens is 346 g/mol. The lowest BCUT2D eigenvalue weighted by molar-refractivity contribution is -0.00000525. The number of para-hydroxylation sites is 1. The van der Waals surface area contributed by atoms with E-state index in [2.05, 4.69) is 33.0 Å². The summed E-state index contributed by atoms with van der Waals surface area (Å²) in [5.74, 6) is 3.97. The minimum absolute atomic E-state index is 0. The summed E-state index contributed by atoms with van der Waals surface area (Å²) in [7, 11) is 3.26. The minimum atomic E-state index is 0. The van der Waals surface area contributed by atoms with Crippen molar-refractivity contribution in [3.63, 3.8) is 0 Å². The zero-order valence-electron chi connectivity index (χ0n) is 14.2. The number of rotatable bonds is 3. The molecule has 2 heterocycles. The van der Waals surface area contributed by atoms with Gasteiger partial charge in [-0.15, -0.1) is 22.0 Å². The number of hydrogen-bond donors (Lipinski definition) is 0. The van der Waals surface area contributed by atoms with Gasteiger partial charge in [-0.2, -0.15) is 0 Å². The number of benzene rings is 2. The molecule has 0 bridgehead atoms. The van der Waals surface area contributed by atoms with Gasteiger partial charge in [0.1, 0.15) is 5.82 Å². The number of ether oxygens (including phenoxy) is 2. The lowest BCUT2D eigenvalue weighted by Crippen LogP contribution is -3.00. The second-order valence-corrected chi connectivity index (χ2v) is 6.12. The summed E-state index contributed by atoms with van der Waals surface area (Å²) in [6.07, 6.45) is 0. The van der Waals surface area contributed by atoms with Gasteiger partial charge < -0.3 is 21.9 Å². The molecule has 1 aromatic heterocycles. The molecule has 1 aliphatic rings. The van der Waals surface area contributed by atoms with E-state index in [0.29, 0.717) is 11.5 Å². The van der Waals surface area contributed by atoms with Gasteiger partial charge in [0.2, 0.25) is 0 Å². The van der Waals surface area contributed by atoms with E-state index in [9.17, 15) is 0 Å². The number of methoxy groups -OCH3 is 2. The molecule has 24 heavy (non-hydrogen) atoms. The quantitative estimate of drug-likeness (QED) is 0.686. The molecule has 0 radical (unpaired) electrons. The highest BCUT2D eigenvalue weighted by Crippen LogP contribution is 2.38. The Morgan fingerprint density at radius 1 is 1.04 bits per heavy atom. The maximum absolute atomic E-state index is 5.40. The van der Waals surface area contributed by atoms with Crippen LogP contribution >= 0.6 is 11.8 Å². The first kappa shape index (κ1) is 16.7. The van der Waals surface area contributed by atoms with Crippen molar-refractivity contribution >= 4 is 11.8 Å². The Hall–Kier alpha value is -2.18. The summed E-state index contributed by atoms with van der Waals surface area (Å²) in [6.45, 7) is 0. The smallest absolute Gasteiger partial charge is 1.00 e. The van der Waals surface area contributed by atoms with Crippen molar-refractivity contribution in [3.05, 3.63) is 48.3 Å². The van der Waals surface area contributed by atoms with Crippen molar-refractivity contribution in [2.24, 2.45) is 0 Å². The van der Waals surface area contributed by atoms with Crippen LogP contribution in [0.3, 0.4) is 0 Å². The molecule has 0 saturated carbocycles. The van der Waals surface area contributed by atoms with E-state index in [0.717, 1.165) is 28.7 Å². The average molecular weight is 362 g/mol. The number of nitrogens with zero attached hydrogens (tertiary/aromatic N) is 3. The van der Waals surface area contributed by atoms with Crippen molar-refractivity contribution < 1.29 is 23.3 Å². The number of thioether (sulfide) groups is 1. The fourth-order valence-corrected chi connectivity index (χ4v) is 3.69. The highest BCUT2D eigenvalue weighted by Gasteiger charge is 2.22. The molecule has 0 spiro atoms. The van der Waals surface area contributed by atoms with E-state index < -0.39 is 0 Å². The third-order valence-electron chi connectivity index (χ3n) is 3.83. The Morgan fingerprint density at radius 3 is 2.62 bits per heavy atom. The van der Waals surface area contributed by atoms with Gasteiger partial charge in [-0.3, -0.25) is 4.57 Å². The maximum atomic E-state index is 5.40. The van der Waals surface area contributed by atoms with Gasteiger partial charge in [-0.1, -0.05) is 12.1 Å². The molecule has 4 rings (SSSR count). The van der Waals surface area contributed by atoms with Gasteiger partial charge in [0.15, 0.2) is 17.3 Å². The first-order valence-electron chi connectivity index (χ1n) is 7.20. The van der Waals surface area contributed by atoms with Gasteiger partial charge in [-0.05, 0) is 30.3 Å². The van der Waals surface area contributed by atoms with Crippen molar-refractivity contribution in [1.29, 1.82) is 0 Å². The van der Waals surface area contributed by atoms with Crippen LogP contribution in [0.1, 0.15) is 7.25 Å². The molecule has 0 aliphatic carbocycles. The average Bonchev–Trinajstić information content (AvgIpc) is 3.05. The lowest BCUT2D eigenvalue weighted by atomic mass is 10.1. The summed E-state index contributed by atoms with van der Waals surface area (Å²) < 4.78 is 12.8. The van der Waals surface area contributed by atoms with Crippen LogP contribution in [0, 0.1) is 0 Å². The standard InChI is InChI=1S/C17H15N3O2S.ClH/c1-21-13-8-7-11(9-14(13)22-2)17-19-18-16-10-23-15-6-4-3-5-12(15)20(16)17;/h3-9H,10H2,1-2H3;1H. The largest absolute Gasteiger partial charge is 1.00 e. The molecule has 0 unspecified atom stereocenters. The van der Waals surface area contributed by atoms with Crippen LogP contribution < -0.4 is 21.9 Å². The molecular formula is C17H16ClN3O2S. The maximum Gasteiger partial charge on any atom is 1.00 e. The van der Waals surface area contributed by atoms with E-state index in [4.69, 9.17) is 9.47 Å². The van der Waals surface area contributed by atoms with Crippen molar-refractivity contribution in [2.75, 3.05) is 14.2 Å². The first-order chi connectivity index (χ1) is 11.3. The summed E-state index contributed by atoms with van der Waals surface area (Å²) in [5, 5.41) is 8.75. The molecule has 0 atom stereocenters. The summed E-state index contributed by atoms with van der Waals surface area (Å²) in [4.78, 5) is 1.24. The SMILES string of the molecule is COc1ccc(-c2nnc3n2-c2ccccc2SC3)cc1OC.[Cl-].[H+]. The van der Waals surface area contributed by atoms with Crippen LogP contribution in [0.2, 0.25) is 0 Å². The van der Waals surface area contributed by atoms with Crippen LogP contribution in [0.15, 0.2) is 47.4 Å². The third-order valence-corrected chi connectivity index (χ3v) is 4.89. The topological polar surface area (TPSA) is 49.2 Å². The molecule has 5 nitrogen and oxygen atoms in total. The van der Waals surface area contributed by atoms with Crippen LogP contribution in [0.5, 0.6) is 11.5 Å². The first-order valence-corrected chi connectivity index (χ1v) is 8.19. The van der Waals surface area contributed by atoms with Crippen LogP contribution in [-0.4, -0.2) is 29.0 Å². The highest BCUT2D eigenvalue weighted by molar-refractivity contribution is 7.98. The number of halogens is 1. The predicted molar refractivity (Wildman–Crippen MR) is 90.6 cm³/mol. The Kier molecular flexibility index (Phi) is 4.69. The molecule has 124 valence electrons. The number of hydrogen-bond acceptors (Lipinski definition) is 5. The summed E-state index contributed by atoms with van der Waals surface area (Å²) in [5.41, 5.74) is 2.07. The normalized spacial score (nSPS) is 11.9. The van der Waals surface area contributed by atoms with E-state index >= 15 is 0 Å². The Labute approximate surface area is 151 Å². The fourth-order valence-electron chi connectivity index (χ4n) is 2.73. The summed E-state index contributed by atoms with van der Waals surface area (Å²) in [6, 6.07) is 14.1. The second-order valence-electron chi connectivity index (χ2n) is 5.10. The van der Waals surface area contributed by atoms with Gasteiger partial charge in [0.25, 0.3) is 0 Å². The molecule has 0 N–H and O–H groups in total. The number of aromatic nitrogens is 3. The van der Waals surface area contributed by atoms with Crippen LogP contribution in [-0.2, 0) is 5.75 Å². The monoisotopic (exact) mass is 361 g/mol. The molecule has 7 heteroatoms. The van der Waals surface area contributed by atoms with E-state index in [1.54, 1.807) is 26.0 Å². The zero-order chi connectivity index (χ0) is 15.8. The Morgan fingerprint density at radius 2 is 1.83 bits per heavy atom. The van der Waals surface area contributed by atoms with Crippen molar-refractivity contribution in [1.82, 2.24) is 14.8 Å². The molecule has 0 saturated heterocycles. The second kappa shape index (κ2) is 6.75. The molecule has 2 aromatic carbocycles. The van der Waals surface area contributed by atoms with Gasteiger partial charge in [0, 0.05) is 10.5 Å². The molecule has 0 fully saturated rings. The van der Waals surface area contributed by atoms with Gasteiger partial charge >= 0.3 is 1.43 Å². The fraction of sp³-hybridized carbons (Fsp3) is 0.176. The lowest BCUT2D eigenvalue weighted by Gasteiger charge is -2.19. The van der Waals surface area contributed by atoms with Crippen LogP contribution in [0.4, 0.5) is 0 Å². The van der Waals surface area contributed by atoms with Crippen molar-refractivity contribution in [2.45, 2.75) is 10.6 Å². The minimum Gasteiger partial charge on any atom is -1.00 e. The molecule has 3 aromatic rings. The van der Waals surface area contributed by atoms with E-state index in [1.807, 2.05) is 24.3 Å². The van der Waals surface area contributed by atoms with E-state index in [1.165, 1.54) is 4.90 Å². The van der Waals surface area contributed by atoms with Gasteiger partial charge in [0.05, 0.1) is 25.7 Å². The van der Waals surface area contributed by atoms with Crippen LogP contribution in [0.25, 0.3) is 17.1 Å². The summed E-state index contributed by atoms with van der Waals surface area (Å²) >= 11 is 1.79. The van der Waals surface area contributed by atoms with E-state index in [-0.39, 0.29) is 13.8 Å². The zero-order valence-corrected chi connectivity index (χ0v) is 14.8. The Bertz CT molecular complexity index is 888. The van der Waals surface area contributed by atoms with Gasteiger partial charge in [-0.25, -0.2) is 0 Å². The third kappa shape index (κ3) is 2.61.